The molecule has 0 bridgehead atoms. The van der Waals surface area contributed by atoms with Crippen LogP contribution in [0.4, 0.5) is 0 Å². The summed E-state index contributed by atoms with van der Waals surface area (Å²) < 4.78 is 25.5. The van der Waals surface area contributed by atoms with Crippen LogP contribution in [0.1, 0.15) is 16.9 Å². The van der Waals surface area contributed by atoms with Gasteiger partial charge in [-0.25, -0.2) is 18.8 Å². The highest BCUT2D eigenvalue weighted by Crippen LogP contribution is 2.29. The normalized spacial score (nSPS) is 18.3. The van der Waals surface area contributed by atoms with Gasteiger partial charge in [-0.1, -0.05) is 0 Å². The summed E-state index contributed by atoms with van der Waals surface area (Å²) >= 11 is 0. The number of nitrogens with one attached hydrogen (secondary N) is 1. The summed E-state index contributed by atoms with van der Waals surface area (Å²) in [7, 11) is -3.59. The summed E-state index contributed by atoms with van der Waals surface area (Å²) in [6.45, 7) is 0.928. The van der Waals surface area contributed by atoms with Gasteiger partial charge < -0.3 is 10.5 Å². The van der Waals surface area contributed by atoms with Crippen molar-refractivity contribution >= 4 is 15.8 Å². The van der Waals surface area contributed by atoms with Crippen molar-refractivity contribution in [2.75, 3.05) is 6.61 Å². The van der Waals surface area contributed by atoms with Gasteiger partial charge in [-0.05, 0) is 0 Å². The molecule has 1 aromatic heterocycles. The van der Waals surface area contributed by atoms with E-state index in [2.05, 4.69) is 5.10 Å². The maximum absolute atomic E-state index is 11.6. The lowest BCUT2D eigenvalue weighted by molar-refractivity contribution is 0.0992. The van der Waals surface area contributed by atoms with Crippen LogP contribution in [0.25, 0.3) is 0 Å². The lowest BCUT2D eigenvalue weighted by atomic mass is 10.4. The summed E-state index contributed by atoms with van der Waals surface area (Å²) in [6.07, 6.45) is 0.718. The molecule has 0 spiro atoms. The summed E-state index contributed by atoms with van der Waals surface area (Å²) in [5.41, 5.74) is 4.84. The van der Waals surface area contributed by atoms with Crippen LogP contribution < -0.4 is 15.6 Å². The molecule has 0 saturated heterocycles. The van der Waals surface area contributed by atoms with Crippen molar-refractivity contribution in [2.24, 2.45) is 10.9 Å². The van der Waals surface area contributed by atoms with Gasteiger partial charge in [0.1, 0.15) is 9.92 Å². The molecular formula is C7H11N5O3S. The monoisotopic (exact) mass is 245 g/mol. The zero-order chi connectivity index (χ0) is 11.9. The molecule has 1 amide bonds. The van der Waals surface area contributed by atoms with Crippen molar-refractivity contribution in [2.45, 2.75) is 17.9 Å². The molecule has 1 aromatic rings. The Balaban J connectivity index is 2.72. The third-order valence-electron chi connectivity index (χ3n) is 2.15. The van der Waals surface area contributed by atoms with Gasteiger partial charge in [0.05, 0.1) is 6.61 Å². The standard InChI is InChI=1S/C7H11N5O3S/c8-6(13)4-5(16(9,10)14)7-12(11-4)2-1-3-15-7/h1-3H2,(H2,8,13)(H3,9,10,14). The molecule has 2 rings (SSSR count). The highest BCUT2D eigenvalue weighted by Gasteiger charge is 2.29. The van der Waals surface area contributed by atoms with Crippen LogP contribution in [0.3, 0.4) is 0 Å². The first-order chi connectivity index (χ1) is 7.41. The first-order valence-electron chi connectivity index (χ1n) is 4.51. The summed E-state index contributed by atoms with van der Waals surface area (Å²) in [5.74, 6) is -0.756. The average molecular weight is 245 g/mol. The van der Waals surface area contributed by atoms with E-state index in [1.165, 1.54) is 4.68 Å². The zero-order valence-corrected chi connectivity index (χ0v) is 9.12. The molecule has 2 heterocycles. The first kappa shape index (κ1) is 10.9. The van der Waals surface area contributed by atoms with Gasteiger partial charge in [0, 0.05) is 13.0 Å². The lowest BCUT2D eigenvalue weighted by Crippen LogP contribution is -2.20. The Morgan fingerprint density at radius 1 is 1.62 bits per heavy atom. The highest BCUT2D eigenvalue weighted by molar-refractivity contribution is 7.90. The van der Waals surface area contributed by atoms with Gasteiger partial charge in [0.2, 0.25) is 5.88 Å². The molecule has 9 heteroatoms. The van der Waals surface area contributed by atoms with Gasteiger partial charge in [-0.15, -0.1) is 0 Å². The van der Waals surface area contributed by atoms with Crippen LogP contribution in [0.2, 0.25) is 0 Å². The van der Waals surface area contributed by atoms with Crippen molar-refractivity contribution in [1.29, 1.82) is 4.78 Å². The number of primary amides is 1. The molecule has 1 unspecified atom stereocenters. The van der Waals surface area contributed by atoms with E-state index in [0.717, 1.165) is 6.42 Å². The second kappa shape index (κ2) is 3.46. The largest absolute Gasteiger partial charge is 0.477 e. The van der Waals surface area contributed by atoms with Crippen molar-refractivity contribution in [3.63, 3.8) is 0 Å². The number of rotatable bonds is 2. The number of nitrogens with zero attached hydrogens (tertiary/aromatic N) is 2. The first-order valence-corrected chi connectivity index (χ1v) is 6.13. The quantitative estimate of drug-likeness (QED) is 0.618. The molecule has 0 radical (unpaired) electrons. The number of carbonyl (C=O) groups excluding carboxylic acids is 1. The van der Waals surface area contributed by atoms with Crippen molar-refractivity contribution < 1.29 is 13.7 Å². The Morgan fingerprint density at radius 2 is 2.31 bits per heavy atom. The summed E-state index contributed by atoms with van der Waals surface area (Å²) in [4.78, 5) is 10.9. The lowest BCUT2D eigenvalue weighted by Gasteiger charge is -2.15. The molecule has 8 nitrogen and oxygen atoms in total. The molecule has 0 aliphatic carbocycles. The van der Waals surface area contributed by atoms with Gasteiger partial charge in [0.15, 0.2) is 10.6 Å². The molecule has 5 N–H and O–H groups in total. The number of ether oxygens (including phenoxy) is 1. The fourth-order valence-corrected chi connectivity index (χ4v) is 2.39. The Kier molecular flexibility index (Phi) is 2.35. The number of carbonyl (C=O) groups is 1. The number of hydrogen-bond donors (Lipinski definition) is 3. The van der Waals surface area contributed by atoms with Crippen LogP contribution >= 0.6 is 0 Å². The average Bonchev–Trinajstić information content (AvgIpc) is 2.55. The number of fused-ring (bicyclic) bond motifs is 1. The van der Waals surface area contributed by atoms with E-state index < -0.39 is 15.8 Å². The zero-order valence-electron chi connectivity index (χ0n) is 8.30. The van der Waals surface area contributed by atoms with Crippen LogP contribution in [-0.4, -0.2) is 26.5 Å². The molecule has 16 heavy (non-hydrogen) atoms. The molecule has 1 atom stereocenters. The highest BCUT2D eigenvalue weighted by atomic mass is 32.2. The SMILES string of the molecule is N=S(N)(=O)c1c(C(N)=O)nn2c1OCCC2. The predicted octanol–water partition coefficient (Wildman–Crippen LogP) is -0.956. The van der Waals surface area contributed by atoms with Crippen LogP contribution in [-0.2, 0) is 16.5 Å². The van der Waals surface area contributed by atoms with Crippen molar-refractivity contribution in [3.8, 4) is 5.88 Å². The van der Waals surface area contributed by atoms with Crippen LogP contribution in [0.5, 0.6) is 5.88 Å². The van der Waals surface area contributed by atoms with E-state index in [0.29, 0.717) is 13.2 Å². The maximum atomic E-state index is 11.6. The van der Waals surface area contributed by atoms with Gasteiger partial charge >= 0.3 is 0 Å². The molecular weight excluding hydrogens is 234 g/mol. The number of hydrogen-bond acceptors (Lipinski definition) is 5. The Morgan fingerprint density at radius 3 is 2.88 bits per heavy atom. The molecule has 0 aromatic carbocycles. The molecule has 88 valence electrons. The molecule has 1 aliphatic rings. The Labute approximate surface area is 91.7 Å². The van der Waals surface area contributed by atoms with Gasteiger partial charge in [0.25, 0.3) is 5.91 Å². The number of amides is 1. The van der Waals surface area contributed by atoms with E-state index >= 15 is 0 Å². The maximum Gasteiger partial charge on any atom is 0.270 e. The van der Waals surface area contributed by atoms with Gasteiger partial charge in [-0.3, -0.25) is 4.79 Å². The number of aryl methyl sites for hydroxylation is 1. The minimum atomic E-state index is -3.59. The fraction of sp³-hybridized carbons (Fsp3) is 0.429. The summed E-state index contributed by atoms with van der Waals surface area (Å²) in [5, 5.41) is 9.07. The molecule has 0 saturated carbocycles. The van der Waals surface area contributed by atoms with E-state index in [4.69, 9.17) is 20.4 Å². The predicted molar refractivity (Wildman–Crippen MR) is 54.2 cm³/mol. The van der Waals surface area contributed by atoms with E-state index in [1.807, 2.05) is 0 Å². The molecule has 0 fully saturated rings. The molecule has 1 aliphatic heterocycles. The summed E-state index contributed by atoms with van der Waals surface area (Å²) in [6, 6.07) is 0. The van der Waals surface area contributed by atoms with Crippen LogP contribution in [0.15, 0.2) is 4.90 Å². The smallest absolute Gasteiger partial charge is 0.270 e. The second-order valence-corrected chi connectivity index (χ2v) is 4.98. The van der Waals surface area contributed by atoms with Gasteiger partial charge in [-0.2, -0.15) is 5.10 Å². The number of nitrogens with two attached hydrogens (primary N) is 2. The third kappa shape index (κ3) is 1.63. The fourth-order valence-electron chi connectivity index (χ4n) is 1.54. The van der Waals surface area contributed by atoms with E-state index in [-0.39, 0.29) is 16.5 Å². The van der Waals surface area contributed by atoms with Crippen LogP contribution in [0, 0.1) is 4.78 Å². The minimum absolute atomic E-state index is 0.113. The van der Waals surface area contributed by atoms with E-state index in [9.17, 15) is 9.00 Å². The Bertz CT molecular complexity index is 547. The number of aromatic nitrogens is 2. The Hall–Kier alpha value is -1.61. The second-order valence-electron chi connectivity index (χ2n) is 3.37. The van der Waals surface area contributed by atoms with E-state index in [1.54, 1.807) is 0 Å². The van der Waals surface area contributed by atoms with Crippen molar-refractivity contribution in [1.82, 2.24) is 9.78 Å². The topological polar surface area (TPSA) is 137 Å². The van der Waals surface area contributed by atoms with Crippen molar-refractivity contribution in [3.05, 3.63) is 5.69 Å². The minimum Gasteiger partial charge on any atom is -0.477 e. The third-order valence-corrected chi connectivity index (χ3v) is 3.13.